The molecule has 3 N–H and O–H groups in total. The van der Waals surface area contributed by atoms with Gasteiger partial charge in [-0.05, 0) is 32.9 Å². The Labute approximate surface area is 210 Å². The number of aliphatic hydroxyl groups is 2. The van der Waals surface area contributed by atoms with Crippen molar-refractivity contribution < 1.29 is 42.9 Å². The molecule has 36 heavy (non-hydrogen) atoms. The normalized spacial score (nSPS) is 28.5. The van der Waals surface area contributed by atoms with Gasteiger partial charge in [-0.1, -0.05) is 31.7 Å². The SMILES string of the molecule is C=C1NC(=O)C=CN1[C@@H]1O[C@H](COP(=O)(C[C@@H](C)C(=O)OC(C)C)Oc2ccccc2)C(O)[C@@]1(C)O. The van der Waals surface area contributed by atoms with E-state index in [9.17, 15) is 24.4 Å². The summed E-state index contributed by atoms with van der Waals surface area (Å²) in [4.78, 5) is 25.3. The Hall–Kier alpha value is -2.69. The summed E-state index contributed by atoms with van der Waals surface area (Å²) >= 11 is 0. The molecule has 12 heteroatoms. The zero-order valence-electron chi connectivity index (χ0n) is 20.7. The van der Waals surface area contributed by atoms with Gasteiger partial charge < -0.3 is 34.4 Å². The third kappa shape index (κ3) is 6.54. The number of nitrogens with one attached hydrogen (secondary N) is 1. The van der Waals surface area contributed by atoms with Crippen LogP contribution in [-0.2, 0) is 28.2 Å². The molecule has 2 unspecified atom stereocenters. The molecule has 1 saturated heterocycles. The van der Waals surface area contributed by atoms with Crippen molar-refractivity contribution in [3.8, 4) is 5.75 Å². The number of hydrogen-bond acceptors (Lipinski definition) is 10. The second-order valence-corrected chi connectivity index (χ2v) is 11.3. The van der Waals surface area contributed by atoms with Crippen LogP contribution in [0.15, 0.2) is 55.0 Å². The van der Waals surface area contributed by atoms with Gasteiger partial charge in [0.2, 0.25) is 0 Å². The molecule has 198 valence electrons. The molecular weight excluding hydrogens is 491 g/mol. The fourth-order valence-electron chi connectivity index (χ4n) is 3.79. The van der Waals surface area contributed by atoms with E-state index in [-0.39, 0.29) is 23.8 Å². The lowest BCUT2D eigenvalue weighted by atomic mass is 9.96. The van der Waals surface area contributed by atoms with E-state index in [1.165, 1.54) is 24.1 Å². The lowest BCUT2D eigenvalue weighted by molar-refractivity contribution is -0.151. The average molecular weight is 525 g/mol. The van der Waals surface area contributed by atoms with Gasteiger partial charge in [0.15, 0.2) is 6.23 Å². The summed E-state index contributed by atoms with van der Waals surface area (Å²) in [5.41, 5.74) is -1.80. The van der Waals surface area contributed by atoms with Gasteiger partial charge in [-0.2, -0.15) is 0 Å². The van der Waals surface area contributed by atoms with Gasteiger partial charge in [0, 0.05) is 12.3 Å². The molecule has 2 aliphatic heterocycles. The first-order chi connectivity index (χ1) is 16.8. The van der Waals surface area contributed by atoms with Crippen LogP contribution in [0.1, 0.15) is 27.7 Å². The number of esters is 1. The highest BCUT2D eigenvalue weighted by atomic mass is 31.2. The quantitative estimate of drug-likeness (QED) is 0.308. The van der Waals surface area contributed by atoms with E-state index in [1.54, 1.807) is 51.1 Å². The van der Waals surface area contributed by atoms with Gasteiger partial charge in [-0.25, -0.2) is 4.57 Å². The van der Waals surface area contributed by atoms with E-state index < -0.39 is 56.0 Å². The zero-order valence-corrected chi connectivity index (χ0v) is 21.6. The van der Waals surface area contributed by atoms with Gasteiger partial charge in [-0.3, -0.25) is 14.1 Å². The minimum atomic E-state index is -3.96. The lowest BCUT2D eigenvalue weighted by Gasteiger charge is -2.37. The van der Waals surface area contributed by atoms with E-state index >= 15 is 0 Å². The van der Waals surface area contributed by atoms with Gasteiger partial charge >= 0.3 is 13.6 Å². The Morgan fingerprint density at radius 3 is 2.58 bits per heavy atom. The summed E-state index contributed by atoms with van der Waals surface area (Å²) in [5, 5.41) is 24.3. The van der Waals surface area contributed by atoms with E-state index in [4.69, 9.17) is 18.5 Å². The van der Waals surface area contributed by atoms with E-state index in [2.05, 4.69) is 11.9 Å². The third-order valence-corrected chi connectivity index (χ3v) is 7.67. The molecular formula is C24H33N2O9P. The van der Waals surface area contributed by atoms with Crippen LogP contribution < -0.4 is 9.84 Å². The van der Waals surface area contributed by atoms with Crippen LogP contribution in [0.3, 0.4) is 0 Å². The Kier molecular flexibility index (Phi) is 8.63. The second kappa shape index (κ2) is 11.1. The molecule has 11 nitrogen and oxygen atoms in total. The van der Waals surface area contributed by atoms with Gasteiger partial charge in [-0.15, -0.1) is 0 Å². The number of amides is 1. The van der Waals surface area contributed by atoms with Crippen molar-refractivity contribution in [2.24, 2.45) is 5.92 Å². The van der Waals surface area contributed by atoms with Gasteiger partial charge in [0.25, 0.3) is 5.91 Å². The first-order valence-electron chi connectivity index (χ1n) is 11.5. The molecule has 0 radical (unpaired) electrons. The number of nitrogens with zero attached hydrogens (tertiary/aromatic N) is 1. The highest BCUT2D eigenvalue weighted by Gasteiger charge is 2.55. The maximum absolute atomic E-state index is 13.7. The summed E-state index contributed by atoms with van der Waals surface area (Å²) in [6, 6.07) is 8.34. The standard InChI is InChI=1S/C24H33N2O9P/c1-15(2)33-22(29)16(3)14-36(31,35-18-9-7-6-8-10-18)32-13-19-21(28)24(5,30)23(34-19)26-12-11-20(27)25-17(26)4/h6-12,15-16,19,21,23,28,30H,4,13-14H2,1-3,5H3,(H,25,27)/t16-,19-,21?,23-,24-,36?/m1/s1. The molecule has 1 aromatic rings. The number of ether oxygens (including phenoxy) is 2. The largest absolute Gasteiger partial charge is 0.463 e. The molecule has 3 rings (SSSR count). The Bertz CT molecular complexity index is 1040. The van der Waals surface area contributed by atoms with Crippen molar-refractivity contribution in [1.29, 1.82) is 0 Å². The number of aliphatic hydroxyl groups excluding tert-OH is 1. The van der Waals surface area contributed by atoms with Gasteiger partial charge in [0.1, 0.15) is 29.4 Å². The molecule has 1 fully saturated rings. The lowest BCUT2D eigenvalue weighted by Crippen LogP contribution is -2.53. The number of carbonyl (C=O) groups excluding carboxylic acids is 2. The number of benzene rings is 1. The van der Waals surface area contributed by atoms with Crippen molar-refractivity contribution in [2.75, 3.05) is 12.8 Å². The van der Waals surface area contributed by atoms with Crippen LogP contribution in [0.25, 0.3) is 0 Å². The number of para-hydroxylation sites is 1. The summed E-state index contributed by atoms with van der Waals surface area (Å²) in [6.07, 6.45) is -1.72. The number of rotatable bonds is 10. The third-order valence-electron chi connectivity index (χ3n) is 5.65. The van der Waals surface area contributed by atoms with E-state index in [0.717, 1.165) is 0 Å². The number of carbonyl (C=O) groups is 2. The molecule has 6 atom stereocenters. The maximum atomic E-state index is 13.7. The van der Waals surface area contributed by atoms with Crippen LogP contribution in [-0.4, -0.2) is 69.9 Å². The molecule has 0 spiro atoms. The number of hydrogen-bond donors (Lipinski definition) is 3. The smallest absolute Gasteiger partial charge is 0.380 e. The van der Waals surface area contributed by atoms with Gasteiger partial charge in [0.05, 0.1) is 24.8 Å². The van der Waals surface area contributed by atoms with Crippen molar-refractivity contribution >= 4 is 19.5 Å². The summed E-state index contributed by atoms with van der Waals surface area (Å²) < 4.78 is 36.2. The monoisotopic (exact) mass is 524 g/mol. The fraction of sp³-hybridized carbons (Fsp3) is 0.500. The summed E-state index contributed by atoms with van der Waals surface area (Å²) in [6.45, 7) is 9.66. The zero-order chi connectivity index (χ0) is 26.7. The molecule has 0 aromatic heterocycles. The van der Waals surface area contributed by atoms with Crippen LogP contribution >= 0.6 is 7.60 Å². The van der Waals surface area contributed by atoms with E-state index in [0.29, 0.717) is 0 Å². The summed E-state index contributed by atoms with van der Waals surface area (Å²) in [7, 11) is -3.96. The molecule has 1 aromatic carbocycles. The van der Waals surface area contributed by atoms with Crippen molar-refractivity contribution in [2.45, 2.75) is 57.8 Å². The first kappa shape index (κ1) is 27.9. The second-order valence-electron chi connectivity index (χ2n) is 9.24. The van der Waals surface area contributed by atoms with Crippen molar-refractivity contribution in [1.82, 2.24) is 10.2 Å². The minimum Gasteiger partial charge on any atom is -0.463 e. The first-order valence-corrected chi connectivity index (χ1v) is 13.3. The van der Waals surface area contributed by atoms with Crippen LogP contribution in [0.4, 0.5) is 0 Å². The Morgan fingerprint density at radius 1 is 1.31 bits per heavy atom. The predicted octanol–water partition coefficient (Wildman–Crippen LogP) is 2.12. The molecule has 0 saturated carbocycles. The van der Waals surface area contributed by atoms with Crippen molar-refractivity contribution in [3.05, 3.63) is 55.0 Å². The van der Waals surface area contributed by atoms with Crippen molar-refractivity contribution in [3.63, 3.8) is 0 Å². The van der Waals surface area contributed by atoms with Crippen LogP contribution in [0.2, 0.25) is 0 Å². The molecule has 1 amide bonds. The molecule has 0 aliphatic carbocycles. The Morgan fingerprint density at radius 2 is 1.97 bits per heavy atom. The Balaban J connectivity index is 1.76. The highest BCUT2D eigenvalue weighted by Crippen LogP contribution is 2.51. The van der Waals surface area contributed by atoms with Crippen LogP contribution in [0, 0.1) is 5.92 Å². The minimum absolute atomic E-state index is 0.150. The highest BCUT2D eigenvalue weighted by molar-refractivity contribution is 7.54. The molecule has 2 aliphatic rings. The molecule has 2 heterocycles. The predicted molar refractivity (Wildman–Crippen MR) is 129 cm³/mol. The van der Waals surface area contributed by atoms with Crippen LogP contribution in [0.5, 0.6) is 5.75 Å². The van der Waals surface area contributed by atoms with E-state index in [1.807, 2.05) is 0 Å². The average Bonchev–Trinajstić information content (AvgIpc) is 3.01. The fourth-order valence-corrected chi connectivity index (χ4v) is 5.66. The summed E-state index contributed by atoms with van der Waals surface area (Å²) in [5.74, 6) is -1.33. The maximum Gasteiger partial charge on any atom is 0.380 e. The topological polar surface area (TPSA) is 144 Å². The molecule has 0 bridgehead atoms.